The van der Waals surface area contributed by atoms with Crippen LogP contribution in [0.3, 0.4) is 0 Å². The second-order valence-corrected chi connectivity index (χ2v) is 7.89. The second kappa shape index (κ2) is 8.77. The number of rotatable bonds is 8. The van der Waals surface area contributed by atoms with Gasteiger partial charge >= 0.3 is 5.97 Å². The van der Waals surface area contributed by atoms with E-state index < -0.39 is 21.9 Å². The van der Waals surface area contributed by atoms with Crippen molar-refractivity contribution < 1.29 is 22.7 Å². The number of amides is 1. The van der Waals surface area contributed by atoms with Gasteiger partial charge in [0.1, 0.15) is 0 Å². The molecule has 0 fully saturated rings. The number of hydrogen-bond acceptors (Lipinski definition) is 5. The van der Waals surface area contributed by atoms with Crippen LogP contribution in [0.25, 0.3) is 0 Å². The van der Waals surface area contributed by atoms with E-state index in [4.69, 9.17) is 0 Å². The lowest BCUT2D eigenvalue weighted by molar-refractivity contribution is -0.145. The average Bonchev–Trinajstić information content (AvgIpc) is 2.59. The Balaban J connectivity index is 3.02. The van der Waals surface area contributed by atoms with Crippen molar-refractivity contribution in [1.29, 1.82) is 0 Å². The normalized spacial score (nSPS) is 12.5. The van der Waals surface area contributed by atoms with Gasteiger partial charge in [-0.15, -0.1) is 6.58 Å². The molecule has 1 rings (SSSR count). The zero-order chi connectivity index (χ0) is 19.2. The molecule has 1 amide bonds. The van der Waals surface area contributed by atoms with Crippen LogP contribution in [-0.4, -0.2) is 63.8 Å². The van der Waals surface area contributed by atoms with E-state index in [2.05, 4.69) is 11.3 Å². The molecule has 0 saturated heterocycles. The van der Waals surface area contributed by atoms with Crippen LogP contribution in [0.5, 0.6) is 0 Å². The van der Waals surface area contributed by atoms with Crippen molar-refractivity contribution in [3.8, 4) is 0 Å². The minimum Gasteiger partial charge on any atom is -0.469 e. The van der Waals surface area contributed by atoms with Crippen LogP contribution >= 0.6 is 0 Å². The maximum atomic E-state index is 12.6. The average molecular weight is 368 g/mol. The molecule has 0 bridgehead atoms. The first-order valence-corrected chi connectivity index (χ1v) is 9.09. The van der Waals surface area contributed by atoms with E-state index in [-0.39, 0.29) is 23.9 Å². The van der Waals surface area contributed by atoms with Gasteiger partial charge in [-0.05, 0) is 24.3 Å². The summed E-state index contributed by atoms with van der Waals surface area (Å²) in [7, 11) is 0.619. The third-order valence-electron chi connectivity index (χ3n) is 3.61. The minimum atomic E-state index is -3.55. The highest BCUT2D eigenvalue weighted by atomic mass is 32.2. The molecule has 0 aromatic heterocycles. The molecule has 0 N–H and O–H groups in total. The van der Waals surface area contributed by atoms with E-state index in [0.29, 0.717) is 5.56 Å². The molecule has 0 aliphatic carbocycles. The van der Waals surface area contributed by atoms with Crippen LogP contribution in [0.2, 0.25) is 0 Å². The number of nitrogens with zero attached hydrogens (tertiary/aromatic N) is 2. The van der Waals surface area contributed by atoms with Gasteiger partial charge in [0.2, 0.25) is 10.0 Å². The largest absolute Gasteiger partial charge is 0.469 e. The quantitative estimate of drug-likeness (QED) is 0.511. The molecule has 1 unspecified atom stereocenters. The standard InChI is InChI=1S/C17H24N2O5S/c1-6-11-19(12-13(2)17(21)24-5)16(20)14-7-9-15(10-8-14)25(22,23)18(3)4/h6-10,13H,1,11-12H2,2-5H3. The van der Waals surface area contributed by atoms with Gasteiger partial charge in [-0.25, -0.2) is 12.7 Å². The first-order valence-electron chi connectivity index (χ1n) is 7.65. The Bertz CT molecular complexity index is 726. The molecule has 0 spiro atoms. The van der Waals surface area contributed by atoms with Crippen LogP contribution in [0.4, 0.5) is 0 Å². The molecule has 0 heterocycles. The number of hydrogen-bond donors (Lipinski definition) is 0. The third kappa shape index (κ3) is 5.14. The van der Waals surface area contributed by atoms with Gasteiger partial charge in [-0.2, -0.15) is 0 Å². The summed E-state index contributed by atoms with van der Waals surface area (Å²) in [5.74, 6) is -1.21. The Hall–Kier alpha value is -2.19. The summed E-state index contributed by atoms with van der Waals surface area (Å²) in [6, 6.07) is 5.69. The molecule has 8 heteroatoms. The Kier molecular flexibility index (Phi) is 7.32. The van der Waals surface area contributed by atoms with Crippen LogP contribution in [-0.2, 0) is 19.6 Å². The summed E-state index contributed by atoms with van der Waals surface area (Å²) in [6.45, 7) is 5.73. The maximum absolute atomic E-state index is 12.6. The van der Waals surface area contributed by atoms with Crippen molar-refractivity contribution in [3.05, 3.63) is 42.5 Å². The SMILES string of the molecule is C=CCN(CC(C)C(=O)OC)C(=O)c1ccc(S(=O)(=O)N(C)C)cc1. The van der Waals surface area contributed by atoms with Gasteiger partial charge in [-0.1, -0.05) is 13.0 Å². The smallest absolute Gasteiger partial charge is 0.310 e. The van der Waals surface area contributed by atoms with Crippen molar-refractivity contribution >= 4 is 21.9 Å². The number of ether oxygens (including phenoxy) is 1. The van der Waals surface area contributed by atoms with Crippen molar-refractivity contribution in [3.63, 3.8) is 0 Å². The van der Waals surface area contributed by atoms with Crippen molar-refractivity contribution in [2.24, 2.45) is 5.92 Å². The Morgan fingerprint density at radius 2 is 1.80 bits per heavy atom. The summed E-state index contributed by atoms with van der Waals surface area (Å²) < 4.78 is 29.9. The van der Waals surface area contributed by atoms with Gasteiger partial charge in [-0.3, -0.25) is 9.59 Å². The third-order valence-corrected chi connectivity index (χ3v) is 5.44. The van der Waals surface area contributed by atoms with Crippen LogP contribution in [0.15, 0.2) is 41.8 Å². The zero-order valence-electron chi connectivity index (χ0n) is 14.9. The van der Waals surface area contributed by atoms with E-state index in [1.165, 1.54) is 50.4 Å². The molecule has 0 radical (unpaired) electrons. The maximum Gasteiger partial charge on any atom is 0.310 e. The predicted molar refractivity (Wildman–Crippen MR) is 94.6 cm³/mol. The Labute approximate surface area is 148 Å². The summed E-state index contributed by atoms with van der Waals surface area (Å²) >= 11 is 0. The second-order valence-electron chi connectivity index (χ2n) is 5.73. The summed E-state index contributed by atoms with van der Waals surface area (Å²) in [4.78, 5) is 25.8. The highest BCUT2D eigenvalue weighted by Gasteiger charge is 2.23. The van der Waals surface area contributed by atoms with Gasteiger partial charge in [0.15, 0.2) is 0 Å². The summed E-state index contributed by atoms with van der Waals surface area (Å²) in [5.41, 5.74) is 0.330. The molecule has 1 aromatic rings. The first-order chi connectivity index (χ1) is 11.6. The van der Waals surface area contributed by atoms with Crippen LogP contribution in [0, 0.1) is 5.92 Å². The highest BCUT2D eigenvalue weighted by Crippen LogP contribution is 2.16. The molecular weight excluding hydrogens is 344 g/mol. The Morgan fingerprint density at radius 3 is 2.24 bits per heavy atom. The van der Waals surface area contributed by atoms with Crippen molar-refractivity contribution in [2.75, 3.05) is 34.3 Å². The number of sulfonamides is 1. The van der Waals surface area contributed by atoms with Crippen molar-refractivity contribution in [2.45, 2.75) is 11.8 Å². The van der Waals surface area contributed by atoms with Crippen LogP contribution < -0.4 is 0 Å². The van der Waals surface area contributed by atoms with Gasteiger partial charge < -0.3 is 9.64 Å². The monoisotopic (exact) mass is 368 g/mol. The van der Waals surface area contributed by atoms with Gasteiger partial charge in [0, 0.05) is 32.7 Å². The lowest BCUT2D eigenvalue weighted by Gasteiger charge is -2.24. The van der Waals surface area contributed by atoms with E-state index in [1.807, 2.05) is 0 Å². The highest BCUT2D eigenvalue weighted by molar-refractivity contribution is 7.89. The Morgan fingerprint density at radius 1 is 1.24 bits per heavy atom. The lowest BCUT2D eigenvalue weighted by Crippen LogP contribution is -2.37. The fraction of sp³-hybridized carbons (Fsp3) is 0.412. The number of benzene rings is 1. The minimum absolute atomic E-state index is 0.104. The molecule has 25 heavy (non-hydrogen) atoms. The predicted octanol–water partition coefficient (Wildman–Crippen LogP) is 1.37. The van der Waals surface area contributed by atoms with E-state index in [1.54, 1.807) is 13.0 Å². The molecule has 1 atom stereocenters. The molecule has 0 saturated carbocycles. The van der Waals surface area contributed by atoms with E-state index >= 15 is 0 Å². The first kappa shape index (κ1) is 20.9. The molecule has 7 nitrogen and oxygen atoms in total. The van der Waals surface area contributed by atoms with E-state index in [0.717, 1.165) is 4.31 Å². The molecular formula is C17H24N2O5S. The molecule has 138 valence electrons. The fourth-order valence-electron chi connectivity index (χ4n) is 2.17. The van der Waals surface area contributed by atoms with Gasteiger partial charge in [0.05, 0.1) is 17.9 Å². The van der Waals surface area contributed by atoms with Gasteiger partial charge in [0.25, 0.3) is 5.91 Å². The van der Waals surface area contributed by atoms with Crippen LogP contribution in [0.1, 0.15) is 17.3 Å². The summed E-state index contributed by atoms with van der Waals surface area (Å²) in [6.07, 6.45) is 1.56. The number of esters is 1. The summed E-state index contributed by atoms with van der Waals surface area (Å²) in [5, 5.41) is 0. The lowest BCUT2D eigenvalue weighted by atomic mass is 10.1. The fourth-order valence-corrected chi connectivity index (χ4v) is 3.07. The number of carbonyl (C=O) groups is 2. The zero-order valence-corrected chi connectivity index (χ0v) is 15.7. The molecule has 0 aliphatic rings. The van der Waals surface area contributed by atoms with E-state index in [9.17, 15) is 18.0 Å². The number of carbonyl (C=O) groups excluding carboxylic acids is 2. The number of methoxy groups -OCH3 is 1. The topological polar surface area (TPSA) is 84.0 Å². The molecule has 0 aliphatic heterocycles. The molecule has 1 aromatic carbocycles. The van der Waals surface area contributed by atoms with Crippen molar-refractivity contribution in [1.82, 2.24) is 9.21 Å².